The molecule has 0 spiro atoms. The topological polar surface area (TPSA) is 25.2 Å². The molecule has 4 heteroatoms. The van der Waals surface area contributed by atoms with E-state index in [0.29, 0.717) is 6.54 Å². The van der Waals surface area contributed by atoms with E-state index in [-0.39, 0.29) is 0 Å². The van der Waals surface area contributed by atoms with Crippen molar-refractivity contribution in [2.75, 3.05) is 11.6 Å². The molecule has 0 saturated heterocycles. The highest BCUT2D eigenvalue weighted by atomic mass is 35.5. The van der Waals surface area contributed by atoms with Crippen molar-refractivity contribution in [2.45, 2.75) is 19.2 Å². The molecule has 1 heterocycles. The summed E-state index contributed by atoms with van der Waals surface area (Å²) in [4.78, 5) is 0. The zero-order chi connectivity index (χ0) is 13.0. The number of thioether (sulfide) groups is 1. The van der Waals surface area contributed by atoms with Gasteiger partial charge in [-0.3, -0.25) is 0 Å². The highest BCUT2D eigenvalue weighted by Gasteiger charge is 2.02. The van der Waals surface area contributed by atoms with Crippen LogP contribution in [-0.2, 0) is 12.3 Å². The summed E-state index contributed by atoms with van der Waals surface area (Å²) in [6, 6.07) is 9.99. The molecular weight excluding hydrogens is 266 g/mol. The molecule has 0 fully saturated rings. The number of rotatable bonds is 5. The van der Waals surface area contributed by atoms with Crippen LogP contribution in [0, 0.1) is 6.92 Å². The Kier molecular flexibility index (Phi) is 4.61. The van der Waals surface area contributed by atoms with E-state index < -0.39 is 0 Å². The average Bonchev–Trinajstić information content (AvgIpc) is 2.79. The number of aryl methyl sites for hydroxylation is 1. The molecule has 2 aromatic rings. The maximum absolute atomic E-state index is 6.07. The van der Waals surface area contributed by atoms with Crippen LogP contribution in [0.15, 0.2) is 34.7 Å². The molecule has 2 nitrogen and oxygen atoms in total. The van der Waals surface area contributed by atoms with Crippen molar-refractivity contribution in [3.05, 3.63) is 52.4 Å². The van der Waals surface area contributed by atoms with Gasteiger partial charge in [0.2, 0.25) is 0 Å². The molecule has 1 N–H and O–H groups in total. The fourth-order valence-electron chi connectivity index (χ4n) is 1.63. The van der Waals surface area contributed by atoms with Gasteiger partial charge in [0.1, 0.15) is 11.5 Å². The Morgan fingerprint density at radius 3 is 2.72 bits per heavy atom. The minimum atomic E-state index is 0.674. The van der Waals surface area contributed by atoms with E-state index in [0.717, 1.165) is 33.5 Å². The van der Waals surface area contributed by atoms with Crippen LogP contribution in [0.3, 0.4) is 0 Å². The van der Waals surface area contributed by atoms with Gasteiger partial charge >= 0.3 is 0 Å². The highest BCUT2D eigenvalue weighted by molar-refractivity contribution is 7.97. The van der Waals surface area contributed by atoms with E-state index >= 15 is 0 Å². The third kappa shape index (κ3) is 3.47. The van der Waals surface area contributed by atoms with Gasteiger partial charge in [-0.25, -0.2) is 0 Å². The lowest BCUT2D eigenvalue weighted by Crippen LogP contribution is -1.98. The van der Waals surface area contributed by atoms with Gasteiger partial charge in [0.25, 0.3) is 0 Å². The van der Waals surface area contributed by atoms with E-state index in [1.165, 1.54) is 0 Å². The van der Waals surface area contributed by atoms with Crippen LogP contribution in [0.25, 0.3) is 0 Å². The molecule has 0 aliphatic rings. The fourth-order valence-corrected chi connectivity index (χ4v) is 2.25. The summed E-state index contributed by atoms with van der Waals surface area (Å²) >= 11 is 7.83. The van der Waals surface area contributed by atoms with Crippen LogP contribution in [0.1, 0.15) is 17.1 Å². The second kappa shape index (κ2) is 6.21. The van der Waals surface area contributed by atoms with Gasteiger partial charge in [-0.15, -0.1) is 0 Å². The second-order valence-corrected chi connectivity index (χ2v) is 5.39. The summed E-state index contributed by atoms with van der Waals surface area (Å²) in [5.41, 5.74) is 2.09. The Balaban J connectivity index is 1.95. The molecule has 0 unspecified atom stereocenters. The molecule has 0 aliphatic carbocycles. The molecule has 96 valence electrons. The minimum absolute atomic E-state index is 0.674. The number of nitrogens with one attached hydrogen (secondary N) is 1. The van der Waals surface area contributed by atoms with Gasteiger partial charge in [-0.05, 0) is 43.0 Å². The maximum Gasteiger partial charge on any atom is 0.123 e. The first-order valence-electron chi connectivity index (χ1n) is 5.75. The Bertz CT molecular complexity index is 524. The molecule has 0 saturated carbocycles. The predicted octanol–water partition coefficient (Wildman–Crippen LogP) is 4.72. The van der Waals surface area contributed by atoms with Gasteiger partial charge in [-0.2, -0.15) is 11.8 Å². The van der Waals surface area contributed by atoms with Gasteiger partial charge in [0.15, 0.2) is 0 Å². The van der Waals surface area contributed by atoms with E-state index in [4.69, 9.17) is 16.0 Å². The second-order valence-electron chi connectivity index (χ2n) is 4.12. The van der Waals surface area contributed by atoms with Crippen molar-refractivity contribution in [3.8, 4) is 0 Å². The monoisotopic (exact) mass is 281 g/mol. The van der Waals surface area contributed by atoms with Crippen LogP contribution in [-0.4, -0.2) is 6.26 Å². The van der Waals surface area contributed by atoms with Crippen molar-refractivity contribution >= 4 is 29.1 Å². The van der Waals surface area contributed by atoms with Crippen molar-refractivity contribution in [1.82, 2.24) is 0 Å². The first-order chi connectivity index (χ1) is 8.69. The largest absolute Gasteiger partial charge is 0.463 e. The number of hydrogen-bond donors (Lipinski definition) is 1. The van der Waals surface area contributed by atoms with Crippen LogP contribution in [0.2, 0.25) is 5.02 Å². The maximum atomic E-state index is 6.07. The summed E-state index contributed by atoms with van der Waals surface area (Å²) < 4.78 is 5.68. The van der Waals surface area contributed by atoms with Crippen molar-refractivity contribution in [2.24, 2.45) is 0 Å². The van der Waals surface area contributed by atoms with Crippen LogP contribution in [0.4, 0.5) is 5.69 Å². The quantitative estimate of drug-likeness (QED) is 0.859. The van der Waals surface area contributed by atoms with E-state index in [1.807, 2.05) is 37.3 Å². The van der Waals surface area contributed by atoms with Gasteiger partial charge in [-0.1, -0.05) is 17.7 Å². The molecule has 0 atom stereocenters. The van der Waals surface area contributed by atoms with E-state index in [2.05, 4.69) is 11.6 Å². The molecule has 18 heavy (non-hydrogen) atoms. The number of furan rings is 1. The number of benzene rings is 1. The Morgan fingerprint density at radius 1 is 1.22 bits per heavy atom. The summed E-state index contributed by atoms with van der Waals surface area (Å²) in [6.45, 7) is 2.67. The number of hydrogen-bond acceptors (Lipinski definition) is 3. The summed E-state index contributed by atoms with van der Waals surface area (Å²) in [7, 11) is 0. The van der Waals surface area contributed by atoms with E-state index in [1.54, 1.807) is 11.8 Å². The van der Waals surface area contributed by atoms with Crippen LogP contribution >= 0.6 is 23.4 Å². The smallest absolute Gasteiger partial charge is 0.123 e. The van der Waals surface area contributed by atoms with Gasteiger partial charge < -0.3 is 9.73 Å². The fraction of sp³-hybridized carbons (Fsp3) is 0.286. The summed E-state index contributed by atoms with van der Waals surface area (Å²) in [5.74, 6) is 2.87. The molecule has 0 amide bonds. The zero-order valence-electron chi connectivity index (χ0n) is 10.5. The Morgan fingerprint density at radius 2 is 2.00 bits per heavy atom. The number of anilines is 1. The molecule has 0 bridgehead atoms. The SMILES string of the molecule is CSCc1ccc(CNc2ccc(C)c(Cl)c2)o1. The first kappa shape index (κ1) is 13.4. The van der Waals surface area contributed by atoms with Gasteiger partial charge in [0.05, 0.1) is 12.3 Å². The molecule has 0 aliphatic heterocycles. The molecule has 2 rings (SSSR count). The lowest BCUT2D eigenvalue weighted by atomic mass is 10.2. The highest BCUT2D eigenvalue weighted by Crippen LogP contribution is 2.21. The molecule has 1 aromatic heterocycles. The molecule has 0 radical (unpaired) electrons. The standard InChI is InChI=1S/C14H16ClNOS/c1-10-3-4-11(7-14(10)15)16-8-12-5-6-13(17-12)9-18-2/h3-7,16H,8-9H2,1-2H3. The lowest BCUT2D eigenvalue weighted by molar-refractivity contribution is 0.487. The summed E-state index contributed by atoms with van der Waals surface area (Å²) in [5, 5.41) is 4.08. The van der Waals surface area contributed by atoms with Crippen molar-refractivity contribution < 1.29 is 4.42 Å². The molecular formula is C14H16ClNOS. The van der Waals surface area contributed by atoms with Gasteiger partial charge in [0, 0.05) is 10.7 Å². The lowest BCUT2D eigenvalue weighted by Gasteiger charge is -2.06. The first-order valence-corrected chi connectivity index (χ1v) is 7.53. The van der Waals surface area contributed by atoms with Crippen LogP contribution < -0.4 is 5.32 Å². The normalized spacial score (nSPS) is 10.6. The Hall–Kier alpha value is -1.06. The Labute approximate surface area is 117 Å². The average molecular weight is 282 g/mol. The van der Waals surface area contributed by atoms with Crippen molar-refractivity contribution in [1.29, 1.82) is 0 Å². The zero-order valence-corrected chi connectivity index (χ0v) is 12.1. The third-order valence-electron chi connectivity index (χ3n) is 2.64. The molecule has 1 aromatic carbocycles. The van der Waals surface area contributed by atoms with E-state index in [9.17, 15) is 0 Å². The summed E-state index contributed by atoms with van der Waals surface area (Å²) in [6.07, 6.45) is 2.06. The number of halogens is 1. The minimum Gasteiger partial charge on any atom is -0.463 e. The van der Waals surface area contributed by atoms with Crippen LogP contribution in [0.5, 0.6) is 0 Å². The third-order valence-corrected chi connectivity index (χ3v) is 3.62. The predicted molar refractivity (Wildman–Crippen MR) is 79.4 cm³/mol. The van der Waals surface area contributed by atoms with Crippen molar-refractivity contribution in [3.63, 3.8) is 0 Å².